The summed E-state index contributed by atoms with van der Waals surface area (Å²) >= 11 is 0. The summed E-state index contributed by atoms with van der Waals surface area (Å²) in [6, 6.07) is 0.910. The molecule has 124 valence electrons. The number of aliphatic hydroxyl groups is 1. The van der Waals surface area contributed by atoms with Crippen LogP contribution < -0.4 is 0 Å². The van der Waals surface area contributed by atoms with E-state index in [1.54, 1.807) is 0 Å². The van der Waals surface area contributed by atoms with E-state index in [9.17, 15) is 5.11 Å². The van der Waals surface area contributed by atoms with Gasteiger partial charge in [0.05, 0.1) is 13.2 Å². The van der Waals surface area contributed by atoms with Crippen LogP contribution in [-0.2, 0) is 6.54 Å². The predicted octanol–water partition coefficient (Wildman–Crippen LogP) is 1.61. The summed E-state index contributed by atoms with van der Waals surface area (Å²) in [5.41, 5.74) is 0. The Balaban J connectivity index is 1.58. The van der Waals surface area contributed by atoms with Crippen molar-refractivity contribution in [2.24, 2.45) is 0 Å². The molecule has 3 heterocycles. The van der Waals surface area contributed by atoms with E-state index in [-0.39, 0.29) is 12.5 Å². The van der Waals surface area contributed by atoms with E-state index in [2.05, 4.69) is 33.8 Å². The molecule has 0 amide bonds. The Kier molecular flexibility index (Phi) is 5.10. The third-order valence-corrected chi connectivity index (χ3v) is 4.98. The van der Waals surface area contributed by atoms with E-state index in [0.29, 0.717) is 12.1 Å². The fraction of sp³-hybridized carbons (Fsp3) is 0.875. The number of hydrogen-bond acceptors (Lipinski definition) is 6. The lowest BCUT2D eigenvalue weighted by Crippen LogP contribution is -2.43. The van der Waals surface area contributed by atoms with Crippen molar-refractivity contribution in [3.63, 3.8) is 0 Å². The molecule has 1 aromatic heterocycles. The monoisotopic (exact) mass is 308 g/mol. The number of aromatic nitrogens is 2. The molecule has 0 spiro atoms. The smallest absolute Gasteiger partial charge is 0.229 e. The van der Waals surface area contributed by atoms with Crippen molar-refractivity contribution in [1.82, 2.24) is 19.9 Å². The summed E-state index contributed by atoms with van der Waals surface area (Å²) in [6.07, 6.45) is 4.80. The zero-order valence-corrected chi connectivity index (χ0v) is 13.7. The Morgan fingerprint density at radius 2 is 1.91 bits per heavy atom. The highest BCUT2D eigenvalue weighted by Gasteiger charge is 2.31. The van der Waals surface area contributed by atoms with Crippen LogP contribution in [0.15, 0.2) is 4.52 Å². The third kappa shape index (κ3) is 3.50. The van der Waals surface area contributed by atoms with Crippen LogP contribution in [-0.4, -0.2) is 63.4 Å². The molecule has 1 aromatic rings. The first-order valence-corrected chi connectivity index (χ1v) is 8.58. The van der Waals surface area contributed by atoms with Crippen molar-refractivity contribution >= 4 is 0 Å². The molecule has 0 aliphatic carbocycles. The van der Waals surface area contributed by atoms with Gasteiger partial charge in [-0.2, -0.15) is 4.98 Å². The maximum absolute atomic E-state index is 9.48. The molecule has 0 aromatic carbocycles. The Morgan fingerprint density at radius 1 is 1.18 bits per heavy atom. The third-order valence-electron chi connectivity index (χ3n) is 4.98. The van der Waals surface area contributed by atoms with Crippen molar-refractivity contribution < 1.29 is 9.63 Å². The average molecular weight is 308 g/mol. The van der Waals surface area contributed by atoms with Crippen LogP contribution in [0.5, 0.6) is 0 Å². The summed E-state index contributed by atoms with van der Waals surface area (Å²) in [7, 11) is 0. The highest BCUT2D eigenvalue weighted by molar-refractivity contribution is 4.94. The highest BCUT2D eigenvalue weighted by Crippen LogP contribution is 2.24. The standard InChI is InChI=1S/C16H28N4O2/c1-12(2)16-17-15(18-22-16)10-20-8-3-5-13(20)9-19-7-4-6-14(19)11-21/h12-14,21H,3-11H2,1-2H3. The average Bonchev–Trinajstić information content (AvgIpc) is 3.21. The molecule has 0 radical (unpaired) electrons. The fourth-order valence-electron chi connectivity index (χ4n) is 3.67. The first-order chi connectivity index (χ1) is 10.7. The van der Waals surface area contributed by atoms with Crippen LogP contribution >= 0.6 is 0 Å². The van der Waals surface area contributed by atoms with Gasteiger partial charge in [0, 0.05) is 24.5 Å². The minimum Gasteiger partial charge on any atom is -0.395 e. The molecule has 2 aliphatic heterocycles. The second-order valence-electron chi connectivity index (χ2n) is 6.94. The second kappa shape index (κ2) is 7.06. The number of aliphatic hydroxyl groups excluding tert-OH is 1. The van der Waals surface area contributed by atoms with Gasteiger partial charge in [-0.1, -0.05) is 19.0 Å². The molecule has 0 bridgehead atoms. The van der Waals surface area contributed by atoms with Gasteiger partial charge in [0.2, 0.25) is 5.89 Å². The summed E-state index contributed by atoms with van der Waals surface area (Å²) in [4.78, 5) is 9.43. The molecular formula is C16H28N4O2. The first kappa shape index (κ1) is 15.9. The molecule has 2 atom stereocenters. The van der Waals surface area contributed by atoms with Crippen LogP contribution in [0.4, 0.5) is 0 Å². The maximum atomic E-state index is 9.48. The van der Waals surface area contributed by atoms with Gasteiger partial charge in [0.25, 0.3) is 0 Å². The number of nitrogens with zero attached hydrogens (tertiary/aromatic N) is 4. The fourth-order valence-corrected chi connectivity index (χ4v) is 3.67. The number of hydrogen-bond donors (Lipinski definition) is 1. The summed E-state index contributed by atoms with van der Waals surface area (Å²) < 4.78 is 5.31. The Labute approximate surface area is 132 Å². The number of rotatable bonds is 6. The highest BCUT2D eigenvalue weighted by atomic mass is 16.5. The van der Waals surface area contributed by atoms with Gasteiger partial charge in [-0.05, 0) is 38.8 Å². The molecule has 2 saturated heterocycles. The lowest BCUT2D eigenvalue weighted by atomic mass is 10.2. The minimum atomic E-state index is 0.283. The van der Waals surface area contributed by atoms with Crippen LogP contribution in [0.1, 0.15) is 57.2 Å². The van der Waals surface area contributed by atoms with Gasteiger partial charge in [0.1, 0.15) is 0 Å². The Hall–Kier alpha value is -0.980. The maximum Gasteiger partial charge on any atom is 0.229 e. The van der Waals surface area contributed by atoms with Gasteiger partial charge in [-0.15, -0.1) is 0 Å². The van der Waals surface area contributed by atoms with Crippen molar-refractivity contribution in [3.05, 3.63) is 11.7 Å². The van der Waals surface area contributed by atoms with E-state index in [0.717, 1.165) is 44.3 Å². The first-order valence-electron chi connectivity index (χ1n) is 8.58. The van der Waals surface area contributed by atoms with E-state index in [1.807, 2.05) is 0 Å². The normalized spacial score (nSPS) is 27.3. The van der Waals surface area contributed by atoms with Crippen LogP contribution in [0, 0.1) is 0 Å². The molecule has 2 aliphatic rings. The van der Waals surface area contributed by atoms with Crippen LogP contribution in [0.2, 0.25) is 0 Å². The molecule has 1 N–H and O–H groups in total. The molecule has 6 nitrogen and oxygen atoms in total. The second-order valence-corrected chi connectivity index (χ2v) is 6.94. The lowest BCUT2D eigenvalue weighted by Gasteiger charge is -2.30. The summed E-state index contributed by atoms with van der Waals surface area (Å²) in [6.45, 7) is 8.48. The molecular weight excluding hydrogens is 280 g/mol. The molecule has 0 saturated carbocycles. The minimum absolute atomic E-state index is 0.283. The Bertz CT molecular complexity index is 476. The zero-order valence-electron chi connectivity index (χ0n) is 13.7. The van der Waals surface area contributed by atoms with Crippen molar-refractivity contribution in [2.45, 2.75) is 64.1 Å². The van der Waals surface area contributed by atoms with Crippen molar-refractivity contribution in [2.75, 3.05) is 26.2 Å². The van der Waals surface area contributed by atoms with Crippen molar-refractivity contribution in [1.29, 1.82) is 0 Å². The van der Waals surface area contributed by atoms with Crippen LogP contribution in [0.3, 0.4) is 0 Å². The molecule has 2 fully saturated rings. The number of likely N-dealkylation sites (tertiary alicyclic amines) is 2. The molecule has 2 unspecified atom stereocenters. The molecule has 22 heavy (non-hydrogen) atoms. The quantitative estimate of drug-likeness (QED) is 0.861. The van der Waals surface area contributed by atoms with E-state index in [4.69, 9.17) is 4.52 Å². The zero-order chi connectivity index (χ0) is 15.5. The SMILES string of the molecule is CC(C)c1nc(CN2CCCC2CN2CCCC2CO)no1. The van der Waals surface area contributed by atoms with E-state index >= 15 is 0 Å². The van der Waals surface area contributed by atoms with Crippen molar-refractivity contribution in [3.8, 4) is 0 Å². The topological polar surface area (TPSA) is 65.6 Å². The van der Waals surface area contributed by atoms with Gasteiger partial charge in [-0.25, -0.2) is 0 Å². The summed E-state index contributed by atoms with van der Waals surface area (Å²) in [5.74, 6) is 1.81. The lowest BCUT2D eigenvalue weighted by molar-refractivity contribution is 0.118. The van der Waals surface area contributed by atoms with E-state index in [1.165, 1.54) is 19.3 Å². The Morgan fingerprint density at radius 3 is 2.59 bits per heavy atom. The van der Waals surface area contributed by atoms with Gasteiger partial charge < -0.3 is 9.63 Å². The van der Waals surface area contributed by atoms with Gasteiger partial charge in [0.15, 0.2) is 5.82 Å². The van der Waals surface area contributed by atoms with E-state index < -0.39 is 0 Å². The van der Waals surface area contributed by atoms with Gasteiger partial charge >= 0.3 is 0 Å². The summed E-state index contributed by atoms with van der Waals surface area (Å²) in [5, 5.41) is 13.6. The molecule has 3 rings (SSSR count). The van der Waals surface area contributed by atoms with Gasteiger partial charge in [-0.3, -0.25) is 9.80 Å². The largest absolute Gasteiger partial charge is 0.395 e. The molecule has 6 heteroatoms. The predicted molar refractivity (Wildman–Crippen MR) is 83.5 cm³/mol. The van der Waals surface area contributed by atoms with Crippen LogP contribution in [0.25, 0.3) is 0 Å².